The summed E-state index contributed by atoms with van der Waals surface area (Å²) >= 11 is 0. The van der Waals surface area contributed by atoms with Crippen molar-refractivity contribution in [3.05, 3.63) is 23.9 Å². The Kier molecular flexibility index (Phi) is 6.00. The molecule has 21 heavy (non-hydrogen) atoms. The second-order valence-electron chi connectivity index (χ2n) is 6.58. The fourth-order valence-electron chi connectivity index (χ4n) is 3.02. The van der Waals surface area contributed by atoms with E-state index in [4.69, 9.17) is 0 Å². The maximum atomic E-state index is 4.48. The summed E-state index contributed by atoms with van der Waals surface area (Å²) in [7, 11) is 8.51. The van der Waals surface area contributed by atoms with E-state index >= 15 is 0 Å². The lowest BCUT2D eigenvalue weighted by Gasteiger charge is -2.26. The SMILES string of the molecule is CN(CCN(C)C1CCCC1)Cc1ccc(N(C)C)nc1. The van der Waals surface area contributed by atoms with E-state index in [1.165, 1.54) is 31.2 Å². The number of likely N-dealkylation sites (N-methyl/N-ethyl adjacent to an activating group) is 2. The van der Waals surface area contributed by atoms with Crippen molar-refractivity contribution in [3.63, 3.8) is 0 Å². The van der Waals surface area contributed by atoms with Gasteiger partial charge in [-0.05, 0) is 38.6 Å². The highest BCUT2D eigenvalue weighted by Crippen LogP contribution is 2.22. The van der Waals surface area contributed by atoms with E-state index < -0.39 is 0 Å². The van der Waals surface area contributed by atoms with Gasteiger partial charge in [-0.25, -0.2) is 4.98 Å². The molecule has 0 aliphatic heterocycles. The molecule has 0 spiro atoms. The molecule has 0 aromatic carbocycles. The summed E-state index contributed by atoms with van der Waals surface area (Å²) in [5.41, 5.74) is 1.28. The summed E-state index contributed by atoms with van der Waals surface area (Å²) in [6.07, 6.45) is 7.59. The molecule has 0 unspecified atom stereocenters. The molecule has 0 N–H and O–H groups in total. The van der Waals surface area contributed by atoms with Gasteiger partial charge in [-0.2, -0.15) is 0 Å². The smallest absolute Gasteiger partial charge is 0.127 e. The lowest BCUT2D eigenvalue weighted by Crippen LogP contribution is -2.36. The Balaban J connectivity index is 1.74. The molecule has 1 aliphatic rings. The summed E-state index contributed by atoms with van der Waals surface area (Å²) in [5, 5.41) is 0. The molecule has 118 valence electrons. The van der Waals surface area contributed by atoms with Crippen molar-refractivity contribution < 1.29 is 0 Å². The molecule has 1 aromatic rings. The van der Waals surface area contributed by atoms with Crippen LogP contribution in [0.4, 0.5) is 5.82 Å². The van der Waals surface area contributed by atoms with Crippen LogP contribution in [-0.4, -0.2) is 62.1 Å². The van der Waals surface area contributed by atoms with Crippen molar-refractivity contribution in [2.24, 2.45) is 0 Å². The van der Waals surface area contributed by atoms with Gasteiger partial charge in [0.2, 0.25) is 0 Å². The molecular weight excluding hydrogens is 260 g/mol. The first kappa shape index (κ1) is 16.2. The van der Waals surface area contributed by atoms with Gasteiger partial charge in [-0.1, -0.05) is 18.9 Å². The van der Waals surface area contributed by atoms with E-state index in [9.17, 15) is 0 Å². The molecule has 0 bridgehead atoms. The van der Waals surface area contributed by atoms with Gasteiger partial charge in [0.05, 0.1) is 0 Å². The lowest BCUT2D eigenvalue weighted by molar-refractivity contribution is 0.204. The van der Waals surface area contributed by atoms with Crippen LogP contribution in [-0.2, 0) is 6.54 Å². The van der Waals surface area contributed by atoms with Crippen LogP contribution in [0.15, 0.2) is 18.3 Å². The summed E-state index contributed by atoms with van der Waals surface area (Å²) in [6.45, 7) is 3.24. The first-order valence-electron chi connectivity index (χ1n) is 8.07. The number of rotatable bonds is 7. The number of hydrogen-bond donors (Lipinski definition) is 0. The third kappa shape index (κ3) is 4.97. The molecule has 1 saturated carbocycles. The topological polar surface area (TPSA) is 22.6 Å². The first-order chi connectivity index (χ1) is 10.1. The Bertz CT molecular complexity index is 409. The third-order valence-corrected chi connectivity index (χ3v) is 4.50. The Morgan fingerprint density at radius 2 is 1.76 bits per heavy atom. The number of anilines is 1. The number of hydrogen-bond acceptors (Lipinski definition) is 4. The first-order valence-corrected chi connectivity index (χ1v) is 8.07. The van der Waals surface area contributed by atoms with E-state index in [1.807, 2.05) is 25.2 Å². The third-order valence-electron chi connectivity index (χ3n) is 4.50. The summed E-state index contributed by atoms with van der Waals surface area (Å²) < 4.78 is 0. The fraction of sp³-hybridized carbons (Fsp3) is 0.706. The minimum Gasteiger partial charge on any atom is -0.363 e. The Morgan fingerprint density at radius 3 is 2.33 bits per heavy atom. The number of aromatic nitrogens is 1. The van der Waals surface area contributed by atoms with Crippen molar-refractivity contribution in [1.82, 2.24) is 14.8 Å². The zero-order chi connectivity index (χ0) is 15.2. The highest BCUT2D eigenvalue weighted by Gasteiger charge is 2.19. The van der Waals surface area contributed by atoms with Gasteiger partial charge >= 0.3 is 0 Å². The second kappa shape index (κ2) is 7.76. The van der Waals surface area contributed by atoms with E-state index in [-0.39, 0.29) is 0 Å². The molecular formula is C17H30N4. The zero-order valence-electron chi connectivity index (χ0n) is 14.0. The number of nitrogens with zero attached hydrogens (tertiary/aromatic N) is 4. The van der Waals surface area contributed by atoms with Gasteiger partial charge in [-0.3, -0.25) is 0 Å². The molecule has 2 rings (SSSR count). The van der Waals surface area contributed by atoms with E-state index in [0.29, 0.717) is 0 Å². The standard InChI is InChI=1S/C17H30N4/c1-19(2)17-10-9-15(13-18-17)14-20(3)11-12-21(4)16-7-5-6-8-16/h9-10,13,16H,5-8,11-12,14H2,1-4H3. The van der Waals surface area contributed by atoms with Gasteiger partial charge < -0.3 is 14.7 Å². The van der Waals surface area contributed by atoms with Crippen molar-refractivity contribution >= 4 is 5.82 Å². The van der Waals surface area contributed by atoms with E-state index in [2.05, 4.69) is 41.0 Å². The highest BCUT2D eigenvalue weighted by molar-refractivity contribution is 5.37. The molecule has 1 fully saturated rings. The summed E-state index contributed by atoms with van der Waals surface area (Å²) in [5.74, 6) is 1.02. The van der Waals surface area contributed by atoms with Gasteiger partial charge in [0.1, 0.15) is 5.82 Å². The summed E-state index contributed by atoms with van der Waals surface area (Å²) in [4.78, 5) is 11.4. The fourth-order valence-corrected chi connectivity index (χ4v) is 3.02. The largest absolute Gasteiger partial charge is 0.363 e. The predicted octanol–water partition coefficient (Wildman–Crippen LogP) is 2.45. The Labute approximate surface area is 129 Å². The van der Waals surface area contributed by atoms with Crippen LogP contribution >= 0.6 is 0 Å². The zero-order valence-corrected chi connectivity index (χ0v) is 14.0. The van der Waals surface area contributed by atoms with Crippen LogP contribution in [0.5, 0.6) is 0 Å². The van der Waals surface area contributed by atoms with E-state index in [0.717, 1.165) is 31.5 Å². The molecule has 1 aliphatic carbocycles. The molecule has 0 atom stereocenters. The Hall–Kier alpha value is -1.13. The molecule has 1 heterocycles. The Morgan fingerprint density at radius 1 is 1.05 bits per heavy atom. The maximum Gasteiger partial charge on any atom is 0.127 e. The number of pyridine rings is 1. The van der Waals surface area contributed by atoms with Crippen LogP contribution in [0.2, 0.25) is 0 Å². The lowest BCUT2D eigenvalue weighted by atomic mass is 10.2. The van der Waals surface area contributed by atoms with Crippen LogP contribution in [0.1, 0.15) is 31.2 Å². The monoisotopic (exact) mass is 290 g/mol. The molecule has 0 amide bonds. The van der Waals surface area contributed by atoms with Crippen molar-refractivity contribution in [1.29, 1.82) is 0 Å². The van der Waals surface area contributed by atoms with Gasteiger partial charge in [0.15, 0.2) is 0 Å². The van der Waals surface area contributed by atoms with Crippen molar-refractivity contribution in [3.8, 4) is 0 Å². The van der Waals surface area contributed by atoms with Crippen LogP contribution in [0.25, 0.3) is 0 Å². The molecule has 0 radical (unpaired) electrons. The van der Waals surface area contributed by atoms with Gasteiger partial charge in [0.25, 0.3) is 0 Å². The van der Waals surface area contributed by atoms with Gasteiger partial charge in [-0.15, -0.1) is 0 Å². The van der Waals surface area contributed by atoms with Crippen molar-refractivity contribution in [2.45, 2.75) is 38.3 Å². The van der Waals surface area contributed by atoms with Gasteiger partial charge in [0, 0.05) is 46.0 Å². The highest BCUT2D eigenvalue weighted by atomic mass is 15.2. The molecule has 1 aromatic heterocycles. The minimum atomic E-state index is 0.819. The van der Waals surface area contributed by atoms with Crippen LogP contribution < -0.4 is 4.90 Å². The van der Waals surface area contributed by atoms with E-state index in [1.54, 1.807) is 0 Å². The van der Waals surface area contributed by atoms with Crippen LogP contribution in [0, 0.1) is 0 Å². The summed E-state index contributed by atoms with van der Waals surface area (Å²) in [6, 6.07) is 5.09. The average molecular weight is 290 g/mol. The minimum absolute atomic E-state index is 0.819. The average Bonchev–Trinajstić information content (AvgIpc) is 2.99. The quantitative estimate of drug-likeness (QED) is 0.769. The maximum absolute atomic E-state index is 4.48. The molecule has 4 heteroatoms. The van der Waals surface area contributed by atoms with Crippen LogP contribution in [0.3, 0.4) is 0 Å². The van der Waals surface area contributed by atoms with Crippen molar-refractivity contribution in [2.75, 3.05) is 46.2 Å². The molecule has 0 saturated heterocycles. The second-order valence-corrected chi connectivity index (χ2v) is 6.58. The normalized spacial score (nSPS) is 16.1. The molecule has 4 nitrogen and oxygen atoms in total. The predicted molar refractivity (Wildman–Crippen MR) is 89.8 cm³/mol.